The van der Waals surface area contributed by atoms with Crippen molar-refractivity contribution < 1.29 is 18.9 Å². The second-order valence-electron chi connectivity index (χ2n) is 5.25. The van der Waals surface area contributed by atoms with Crippen LogP contribution in [0.1, 0.15) is 12.0 Å². The molecular weight excluding hydrogens is 318 g/mol. The number of carbonyl (C=O) groups excluding carboxylic acids is 1. The van der Waals surface area contributed by atoms with Gasteiger partial charge in [-0.3, -0.25) is 9.00 Å². The Hall–Kier alpha value is -1.93. The fourth-order valence-electron chi connectivity index (χ4n) is 2.03. The Morgan fingerprint density at radius 3 is 2.52 bits per heavy atom. The smallest absolute Gasteiger partial charge is 0.404 e. The van der Waals surface area contributed by atoms with Gasteiger partial charge in [-0.25, -0.2) is 4.79 Å². The summed E-state index contributed by atoms with van der Waals surface area (Å²) < 4.78 is 11.0. The lowest BCUT2D eigenvalue weighted by molar-refractivity contribution is -0.122. The van der Waals surface area contributed by atoms with Gasteiger partial charge in [-0.2, -0.15) is 0 Å². The van der Waals surface area contributed by atoms with Crippen molar-refractivity contribution in [2.45, 2.75) is 24.9 Å². The van der Waals surface area contributed by atoms with Crippen LogP contribution in [0.25, 0.3) is 0 Å². The molecule has 1 rings (SSSR count). The second kappa shape index (κ2) is 9.96. The minimum atomic E-state index is -1.15. The SMILES string of the molecule is CS(=O)CC[C@@H](N)C(=O)NC[C@H](Cc1ccccc1)NC(=O)O. The predicted octanol–water partition coefficient (Wildman–Crippen LogP) is 0.0774. The van der Waals surface area contributed by atoms with Gasteiger partial charge in [0.25, 0.3) is 0 Å². The molecule has 0 saturated heterocycles. The van der Waals surface area contributed by atoms with E-state index < -0.39 is 29.0 Å². The molecule has 0 aromatic heterocycles. The van der Waals surface area contributed by atoms with E-state index in [1.807, 2.05) is 30.3 Å². The molecule has 0 spiro atoms. The second-order valence-corrected chi connectivity index (χ2v) is 6.81. The molecule has 3 atom stereocenters. The summed E-state index contributed by atoms with van der Waals surface area (Å²) in [5.41, 5.74) is 6.69. The van der Waals surface area contributed by atoms with E-state index in [9.17, 15) is 13.8 Å². The molecule has 0 heterocycles. The van der Waals surface area contributed by atoms with E-state index in [1.165, 1.54) is 0 Å². The first-order valence-electron chi connectivity index (χ1n) is 7.25. The predicted molar refractivity (Wildman–Crippen MR) is 89.6 cm³/mol. The van der Waals surface area contributed by atoms with E-state index in [-0.39, 0.29) is 12.5 Å². The fraction of sp³-hybridized carbons (Fsp3) is 0.467. The summed E-state index contributed by atoms with van der Waals surface area (Å²) in [5, 5.41) is 13.9. The molecule has 5 N–H and O–H groups in total. The largest absolute Gasteiger partial charge is 0.465 e. The molecule has 0 aliphatic carbocycles. The van der Waals surface area contributed by atoms with Crippen LogP contribution in [0.2, 0.25) is 0 Å². The quantitative estimate of drug-likeness (QED) is 0.507. The highest BCUT2D eigenvalue weighted by Gasteiger charge is 2.17. The molecule has 8 heteroatoms. The molecule has 0 aliphatic heterocycles. The summed E-state index contributed by atoms with van der Waals surface area (Å²) in [6.07, 6.45) is 1.19. The average molecular weight is 341 g/mol. The summed E-state index contributed by atoms with van der Waals surface area (Å²) in [6, 6.07) is 8.19. The van der Waals surface area contributed by atoms with Crippen LogP contribution in [0, 0.1) is 0 Å². The summed E-state index contributed by atoms with van der Waals surface area (Å²) in [5.74, 6) is -0.0178. The van der Waals surface area contributed by atoms with E-state index in [0.29, 0.717) is 18.6 Å². The number of hydrogen-bond acceptors (Lipinski definition) is 4. The van der Waals surface area contributed by atoms with Gasteiger partial charge < -0.3 is 21.5 Å². The zero-order valence-corrected chi connectivity index (χ0v) is 13.8. The van der Waals surface area contributed by atoms with Crippen LogP contribution in [0.3, 0.4) is 0 Å². The first-order valence-corrected chi connectivity index (χ1v) is 8.98. The van der Waals surface area contributed by atoms with Gasteiger partial charge in [0.1, 0.15) is 0 Å². The molecule has 0 saturated carbocycles. The molecule has 0 radical (unpaired) electrons. The maximum atomic E-state index is 11.9. The third-order valence-electron chi connectivity index (χ3n) is 3.23. The van der Waals surface area contributed by atoms with Crippen LogP contribution in [0.15, 0.2) is 30.3 Å². The molecule has 0 aliphatic rings. The Labute approximate surface area is 138 Å². The number of benzene rings is 1. The zero-order chi connectivity index (χ0) is 17.2. The first kappa shape index (κ1) is 19.1. The number of rotatable bonds is 9. The van der Waals surface area contributed by atoms with Gasteiger partial charge in [-0.15, -0.1) is 0 Å². The third-order valence-corrected chi connectivity index (χ3v) is 4.04. The van der Waals surface area contributed by atoms with Crippen molar-refractivity contribution in [2.75, 3.05) is 18.6 Å². The molecule has 23 heavy (non-hydrogen) atoms. The summed E-state index contributed by atoms with van der Waals surface area (Å²) in [7, 11) is -1.000. The number of hydrogen-bond donors (Lipinski definition) is 4. The minimum Gasteiger partial charge on any atom is -0.465 e. The number of carbonyl (C=O) groups is 2. The van der Waals surface area contributed by atoms with E-state index in [2.05, 4.69) is 10.6 Å². The first-order chi connectivity index (χ1) is 10.9. The highest BCUT2D eigenvalue weighted by molar-refractivity contribution is 7.84. The molecule has 128 valence electrons. The van der Waals surface area contributed by atoms with Crippen molar-refractivity contribution >= 4 is 22.8 Å². The van der Waals surface area contributed by atoms with Gasteiger partial charge in [0.2, 0.25) is 5.91 Å². The molecule has 0 bridgehead atoms. The number of amides is 2. The van der Waals surface area contributed by atoms with Gasteiger partial charge in [0.15, 0.2) is 0 Å². The van der Waals surface area contributed by atoms with Gasteiger partial charge in [0.05, 0.1) is 12.1 Å². The molecule has 2 amide bonds. The van der Waals surface area contributed by atoms with Crippen molar-refractivity contribution in [1.29, 1.82) is 0 Å². The third kappa shape index (κ3) is 8.32. The van der Waals surface area contributed by atoms with Gasteiger partial charge in [-0.1, -0.05) is 30.3 Å². The van der Waals surface area contributed by atoms with Crippen molar-refractivity contribution in [3.63, 3.8) is 0 Å². The Morgan fingerprint density at radius 2 is 1.96 bits per heavy atom. The van der Waals surface area contributed by atoms with Crippen molar-refractivity contribution in [1.82, 2.24) is 10.6 Å². The standard InChI is InChI=1S/C15H23N3O4S/c1-23(22)8-7-13(16)14(19)17-10-12(18-15(20)21)9-11-5-3-2-4-6-11/h2-6,12-13,18H,7-10,16H2,1H3,(H,17,19)(H,20,21)/t12-,13+,23?/m0/s1. The summed E-state index contributed by atoms with van der Waals surface area (Å²) >= 11 is 0. The van der Waals surface area contributed by atoms with Crippen LogP contribution >= 0.6 is 0 Å². The lowest BCUT2D eigenvalue weighted by atomic mass is 10.1. The minimum absolute atomic E-state index is 0.142. The van der Waals surface area contributed by atoms with Crippen LogP contribution in [-0.4, -0.2) is 52.0 Å². The van der Waals surface area contributed by atoms with Gasteiger partial charge >= 0.3 is 6.09 Å². The fourth-order valence-corrected chi connectivity index (χ4v) is 2.61. The molecule has 1 aromatic rings. The lowest BCUT2D eigenvalue weighted by Gasteiger charge is -2.19. The van der Waals surface area contributed by atoms with Crippen molar-refractivity contribution in [2.24, 2.45) is 5.73 Å². The van der Waals surface area contributed by atoms with Gasteiger partial charge in [-0.05, 0) is 18.4 Å². The van der Waals surface area contributed by atoms with E-state index in [0.717, 1.165) is 5.56 Å². The van der Waals surface area contributed by atoms with Crippen LogP contribution in [0.5, 0.6) is 0 Å². The highest BCUT2D eigenvalue weighted by Crippen LogP contribution is 2.03. The Balaban J connectivity index is 2.51. The van der Waals surface area contributed by atoms with Crippen molar-refractivity contribution in [3.05, 3.63) is 35.9 Å². The van der Waals surface area contributed by atoms with E-state index >= 15 is 0 Å². The Morgan fingerprint density at radius 1 is 1.30 bits per heavy atom. The number of nitrogens with one attached hydrogen (secondary N) is 2. The number of carboxylic acid groups (broad SMARTS) is 1. The Bertz CT molecular complexity index is 539. The maximum Gasteiger partial charge on any atom is 0.404 e. The molecule has 1 unspecified atom stereocenters. The summed E-state index contributed by atoms with van der Waals surface area (Å²) in [4.78, 5) is 22.8. The Kier molecular flexibility index (Phi) is 8.28. The van der Waals surface area contributed by atoms with E-state index in [4.69, 9.17) is 10.8 Å². The summed E-state index contributed by atoms with van der Waals surface area (Å²) in [6.45, 7) is 0.142. The molecular formula is C15H23N3O4S. The van der Waals surface area contributed by atoms with Crippen LogP contribution < -0.4 is 16.4 Å². The van der Waals surface area contributed by atoms with Gasteiger partial charge in [0, 0.05) is 29.4 Å². The number of nitrogens with two attached hydrogens (primary N) is 1. The topological polar surface area (TPSA) is 122 Å². The van der Waals surface area contributed by atoms with Crippen LogP contribution in [-0.2, 0) is 22.0 Å². The average Bonchev–Trinajstić information content (AvgIpc) is 2.50. The van der Waals surface area contributed by atoms with E-state index in [1.54, 1.807) is 6.26 Å². The molecule has 1 aromatic carbocycles. The van der Waals surface area contributed by atoms with Crippen molar-refractivity contribution in [3.8, 4) is 0 Å². The zero-order valence-electron chi connectivity index (χ0n) is 13.0. The normalized spacial score (nSPS) is 14.5. The molecule has 7 nitrogen and oxygen atoms in total. The monoisotopic (exact) mass is 341 g/mol. The molecule has 0 fully saturated rings. The lowest BCUT2D eigenvalue weighted by Crippen LogP contribution is -2.48. The van der Waals surface area contributed by atoms with Crippen LogP contribution in [0.4, 0.5) is 4.79 Å². The highest BCUT2D eigenvalue weighted by atomic mass is 32.2. The maximum absolute atomic E-state index is 11.9.